The van der Waals surface area contributed by atoms with Crippen molar-refractivity contribution in [3.63, 3.8) is 0 Å². The normalized spacial score (nSPS) is 10.9. The highest BCUT2D eigenvalue weighted by molar-refractivity contribution is 6.07. The zero-order valence-electron chi connectivity index (χ0n) is 18.4. The molecule has 33 heavy (non-hydrogen) atoms. The third-order valence-corrected chi connectivity index (χ3v) is 5.55. The number of nitrogens with zero attached hydrogens (tertiary/aromatic N) is 4. The second-order valence-electron chi connectivity index (χ2n) is 7.82. The molecular weight excluding hydrogens is 419 g/mol. The molecule has 0 unspecified atom stereocenters. The number of nitrogens with two attached hydrogens (primary N) is 1. The van der Waals surface area contributed by atoms with Crippen molar-refractivity contribution in [2.24, 2.45) is 0 Å². The number of aryl methyl sites for hydroxylation is 2. The molecule has 4 rings (SSSR count). The zero-order valence-corrected chi connectivity index (χ0v) is 18.4. The van der Waals surface area contributed by atoms with Gasteiger partial charge in [0.05, 0.1) is 16.9 Å². The lowest BCUT2D eigenvalue weighted by molar-refractivity contribution is 0.0954. The fourth-order valence-electron chi connectivity index (χ4n) is 3.96. The Bertz CT molecular complexity index is 1330. The van der Waals surface area contributed by atoms with Crippen molar-refractivity contribution in [3.8, 4) is 11.8 Å². The molecule has 0 aliphatic rings. The van der Waals surface area contributed by atoms with Crippen molar-refractivity contribution < 1.29 is 9.18 Å². The summed E-state index contributed by atoms with van der Waals surface area (Å²) in [5, 5.41) is 17.9. The van der Waals surface area contributed by atoms with E-state index < -0.39 is 0 Å². The third-order valence-electron chi connectivity index (χ3n) is 5.55. The molecule has 2 aromatic heterocycles. The largest absolute Gasteiger partial charge is 0.382 e. The number of hydrogen-bond donors (Lipinski definition) is 2. The molecule has 0 spiro atoms. The molecule has 1 amide bonds. The van der Waals surface area contributed by atoms with E-state index in [1.165, 1.54) is 16.8 Å². The predicted octanol–water partition coefficient (Wildman–Crippen LogP) is 4.19. The molecule has 0 atom stereocenters. The van der Waals surface area contributed by atoms with Crippen molar-refractivity contribution in [3.05, 3.63) is 77.4 Å². The predicted molar refractivity (Wildman–Crippen MR) is 126 cm³/mol. The number of aromatic nitrogens is 3. The molecule has 0 fully saturated rings. The maximum absolute atomic E-state index is 13.2. The molecule has 168 valence electrons. The first-order valence-corrected chi connectivity index (χ1v) is 10.9. The molecule has 0 radical (unpaired) electrons. The van der Waals surface area contributed by atoms with Gasteiger partial charge in [0.1, 0.15) is 23.3 Å². The van der Waals surface area contributed by atoms with E-state index in [1.807, 2.05) is 30.5 Å². The average molecular weight is 445 g/mol. The molecule has 2 aromatic carbocycles. The molecule has 0 aliphatic heterocycles. The Kier molecular flexibility index (Phi) is 6.41. The van der Waals surface area contributed by atoms with Crippen molar-refractivity contribution in [2.45, 2.75) is 32.7 Å². The van der Waals surface area contributed by atoms with Gasteiger partial charge in [0, 0.05) is 30.2 Å². The second-order valence-corrected chi connectivity index (χ2v) is 7.82. The summed E-state index contributed by atoms with van der Waals surface area (Å²) in [7, 11) is 0. The van der Waals surface area contributed by atoms with Gasteiger partial charge in [0.2, 0.25) is 0 Å². The molecule has 0 saturated heterocycles. The van der Waals surface area contributed by atoms with Crippen LogP contribution in [0.2, 0.25) is 0 Å². The molecule has 8 heteroatoms. The Labute approximate surface area is 191 Å². The van der Waals surface area contributed by atoms with E-state index in [9.17, 15) is 14.4 Å². The van der Waals surface area contributed by atoms with E-state index in [2.05, 4.69) is 28.0 Å². The number of fused-ring (bicyclic) bond motifs is 1. The number of nitriles is 1. The highest BCUT2D eigenvalue weighted by Gasteiger charge is 2.17. The summed E-state index contributed by atoms with van der Waals surface area (Å²) >= 11 is 0. The first-order chi connectivity index (χ1) is 16.0. The van der Waals surface area contributed by atoms with Crippen molar-refractivity contribution in [1.29, 1.82) is 5.26 Å². The van der Waals surface area contributed by atoms with Gasteiger partial charge in [0.15, 0.2) is 0 Å². The van der Waals surface area contributed by atoms with Gasteiger partial charge < -0.3 is 15.6 Å². The highest BCUT2D eigenvalue weighted by atomic mass is 19.1. The highest BCUT2D eigenvalue weighted by Crippen LogP contribution is 2.23. The number of amides is 1. The van der Waals surface area contributed by atoms with Crippen LogP contribution in [0.3, 0.4) is 0 Å². The Morgan fingerprint density at radius 3 is 2.70 bits per heavy atom. The van der Waals surface area contributed by atoms with Gasteiger partial charge in [0.25, 0.3) is 5.91 Å². The standard InChI is InChI=1S/C25H25FN6O/c1-2-14-31-16-21(19-6-3-4-8-23(19)31)25(33)29-13-5-7-22-20(15-27)24(28)32(30-22)18-11-9-17(26)10-12-18/h3-4,6,8-12,16H,2,5,7,13-14,28H2,1H3,(H,29,33). The molecule has 2 heterocycles. The Morgan fingerprint density at radius 1 is 1.21 bits per heavy atom. The quantitative estimate of drug-likeness (QED) is 0.398. The summed E-state index contributed by atoms with van der Waals surface area (Å²) in [6.07, 6.45) is 3.95. The van der Waals surface area contributed by atoms with Gasteiger partial charge in [-0.2, -0.15) is 10.4 Å². The van der Waals surface area contributed by atoms with Crippen LogP contribution in [0.1, 0.15) is 41.4 Å². The van der Waals surface area contributed by atoms with Gasteiger partial charge in [-0.15, -0.1) is 0 Å². The Morgan fingerprint density at radius 2 is 1.97 bits per heavy atom. The fraction of sp³-hybridized carbons (Fsp3) is 0.240. The molecule has 4 aromatic rings. The topological polar surface area (TPSA) is 102 Å². The number of nitrogens with one attached hydrogen (secondary N) is 1. The number of hydrogen-bond acceptors (Lipinski definition) is 4. The maximum atomic E-state index is 13.2. The van der Waals surface area contributed by atoms with Crippen LogP contribution in [-0.4, -0.2) is 26.8 Å². The monoisotopic (exact) mass is 444 g/mol. The van der Waals surface area contributed by atoms with Gasteiger partial charge in [-0.25, -0.2) is 9.07 Å². The maximum Gasteiger partial charge on any atom is 0.253 e. The summed E-state index contributed by atoms with van der Waals surface area (Å²) in [6, 6.07) is 15.7. The first-order valence-electron chi connectivity index (χ1n) is 10.9. The van der Waals surface area contributed by atoms with Crippen LogP contribution >= 0.6 is 0 Å². The molecule has 3 N–H and O–H groups in total. The summed E-state index contributed by atoms with van der Waals surface area (Å²) in [4.78, 5) is 12.8. The summed E-state index contributed by atoms with van der Waals surface area (Å²) in [6.45, 7) is 3.39. The number of halogens is 1. The number of carbonyl (C=O) groups is 1. The van der Waals surface area contributed by atoms with Crippen LogP contribution in [0.15, 0.2) is 54.7 Å². The van der Waals surface area contributed by atoms with Crippen LogP contribution < -0.4 is 11.1 Å². The number of benzene rings is 2. The minimum absolute atomic E-state index is 0.127. The van der Waals surface area contributed by atoms with Crippen molar-refractivity contribution >= 4 is 22.6 Å². The zero-order chi connectivity index (χ0) is 23.4. The van der Waals surface area contributed by atoms with Crippen molar-refractivity contribution in [1.82, 2.24) is 19.7 Å². The van der Waals surface area contributed by atoms with Crippen LogP contribution in [0, 0.1) is 17.1 Å². The van der Waals surface area contributed by atoms with Crippen LogP contribution in [-0.2, 0) is 13.0 Å². The smallest absolute Gasteiger partial charge is 0.253 e. The Hall–Kier alpha value is -4.12. The van der Waals surface area contributed by atoms with Crippen LogP contribution in [0.4, 0.5) is 10.2 Å². The lowest BCUT2D eigenvalue weighted by atomic mass is 10.1. The minimum Gasteiger partial charge on any atom is -0.382 e. The Balaban J connectivity index is 1.43. The van der Waals surface area contributed by atoms with E-state index in [0.717, 1.165) is 23.9 Å². The number of carbonyl (C=O) groups excluding carboxylic acids is 1. The number of nitrogen functional groups attached to an aromatic ring is 1. The van der Waals surface area contributed by atoms with E-state index >= 15 is 0 Å². The van der Waals surface area contributed by atoms with E-state index in [1.54, 1.807) is 12.1 Å². The van der Waals surface area contributed by atoms with E-state index in [0.29, 0.717) is 41.9 Å². The van der Waals surface area contributed by atoms with E-state index in [4.69, 9.17) is 5.73 Å². The van der Waals surface area contributed by atoms with Gasteiger partial charge in [-0.3, -0.25) is 4.79 Å². The third kappa shape index (κ3) is 4.44. The average Bonchev–Trinajstić information content (AvgIpc) is 3.35. The van der Waals surface area contributed by atoms with Gasteiger partial charge in [-0.1, -0.05) is 25.1 Å². The number of rotatable bonds is 8. The molecular formula is C25H25FN6O. The molecule has 0 saturated carbocycles. The number of anilines is 1. The number of para-hydroxylation sites is 1. The van der Waals surface area contributed by atoms with Gasteiger partial charge in [-0.05, 0) is 49.6 Å². The summed E-state index contributed by atoms with van der Waals surface area (Å²) in [5.74, 6) is -0.274. The lowest BCUT2D eigenvalue weighted by Gasteiger charge is -2.04. The van der Waals surface area contributed by atoms with Crippen molar-refractivity contribution in [2.75, 3.05) is 12.3 Å². The molecule has 0 bridgehead atoms. The lowest BCUT2D eigenvalue weighted by Crippen LogP contribution is -2.24. The molecule has 0 aliphatic carbocycles. The van der Waals surface area contributed by atoms with Crippen LogP contribution in [0.5, 0.6) is 0 Å². The molecule has 7 nitrogen and oxygen atoms in total. The van der Waals surface area contributed by atoms with E-state index in [-0.39, 0.29) is 17.5 Å². The van der Waals surface area contributed by atoms with Gasteiger partial charge >= 0.3 is 0 Å². The second kappa shape index (κ2) is 9.57. The summed E-state index contributed by atoms with van der Waals surface area (Å²) in [5.41, 5.74) is 9.23. The first kappa shape index (κ1) is 22.1. The SMILES string of the molecule is CCCn1cc(C(=O)NCCCc2nn(-c3ccc(F)cc3)c(N)c2C#N)c2ccccc21. The van der Waals surface area contributed by atoms with Crippen LogP contribution in [0.25, 0.3) is 16.6 Å². The summed E-state index contributed by atoms with van der Waals surface area (Å²) < 4.78 is 16.8. The minimum atomic E-state index is -0.362. The fourth-order valence-corrected chi connectivity index (χ4v) is 3.96.